The topological polar surface area (TPSA) is 81.0 Å². The third-order valence-electron chi connectivity index (χ3n) is 4.16. The van der Waals surface area contributed by atoms with Crippen molar-refractivity contribution in [3.05, 3.63) is 34.2 Å². The van der Waals surface area contributed by atoms with Crippen LogP contribution in [0.5, 0.6) is 0 Å². The van der Waals surface area contributed by atoms with Gasteiger partial charge in [-0.2, -0.15) is 0 Å². The second kappa shape index (κ2) is 7.66. The number of hydrogen-bond acceptors (Lipinski definition) is 3. The molecule has 0 bridgehead atoms. The Labute approximate surface area is 141 Å². The van der Waals surface area contributed by atoms with E-state index in [2.05, 4.69) is 22.2 Å². The van der Waals surface area contributed by atoms with Gasteiger partial charge in [0, 0.05) is 32.1 Å². The van der Waals surface area contributed by atoms with Gasteiger partial charge < -0.3 is 20.2 Å². The average molecular weight is 339 g/mol. The predicted molar refractivity (Wildman–Crippen MR) is 93.2 cm³/mol. The summed E-state index contributed by atoms with van der Waals surface area (Å²) in [4.78, 5) is 30.9. The maximum absolute atomic E-state index is 12.2. The fraction of sp³-hybridized carbons (Fsp3) is 0.500. The smallest absolute Gasteiger partial charge is 0.323 e. The van der Waals surface area contributed by atoms with Crippen molar-refractivity contribution in [2.45, 2.75) is 32.2 Å². The number of imidazole rings is 1. The number of carbonyl (C=O) groups is 1. The lowest BCUT2D eigenvalue weighted by molar-refractivity contribution is -0.132. The molecule has 1 aliphatic rings. The number of carbonyl (C=O) groups excluding carboxylic acids is 1. The summed E-state index contributed by atoms with van der Waals surface area (Å²) in [6.07, 6.45) is 2.25. The van der Waals surface area contributed by atoms with Crippen LogP contribution in [-0.2, 0) is 11.2 Å². The van der Waals surface area contributed by atoms with Crippen LogP contribution in [-0.4, -0.2) is 46.5 Å². The summed E-state index contributed by atoms with van der Waals surface area (Å²) in [5.41, 5.74) is 2.60. The molecule has 23 heavy (non-hydrogen) atoms. The van der Waals surface area contributed by atoms with Gasteiger partial charge in [-0.1, -0.05) is 6.07 Å². The molecule has 2 aromatic rings. The van der Waals surface area contributed by atoms with Gasteiger partial charge in [-0.05, 0) is 37.5 Å². The Morgan fingerprint density at radius 1 is 1.30 bits per heavy atom. The first-order valence-electron chi connectivity index (χ1n) is 7.84. The Morgan fingerprint density at radius 2 is 2.09 bits per heavy atom. The molecule has 1 fully saturated rings. The molecule has 3 rings (SSSR count). The van der Waals surface area contributed by atoms with Gasteiger partial charge in [-0.3, -0.25) is 4.79 Å². The van der Waals surface area contributed by atoms with E-state index in [4.69, 9.17) is 0 Å². The first kappa shape index (κ1) is 17.6. The highest BCUT2D eigenvalue weighted by atomic mass is 35.5. The van der Waals surface area contributed by atoms with Crippen molar-refractivity contribution in [1.29, 1.82) is 0 Å². The van der Waals surface area contributed by atoms with Gasteiger partial charge in [0.1, 0.15) is 0 Å². The van der Waals surface area contributed by atoms with Crippen molar-refractivity contribution in [3.8, 4) is 0 Å². The van der Waals surface area contributed by atoms with E-state index in [1.807, 2.05) is 23.1 Å². The van der Waals surface area contributed by atoms with Crippen LogP contribution >= 0.6 is 12.4 Å². The third-order valence-corrected chi connectivity index (χ3v) is 4.16. The normalized spacial score (nSPS) is 18.0. The van der Waals surface area contributed by atoms with E-state index in [0.29, 0.717) is 12.5 Å². The van der Waals surface area contributed by atoms with Crippen molar-refractivity contribution >= 4 is 29.3 Å². The number of hydrogen-bond donors (Lipinski definition) is 3. The van der Waals surface area contributed by atoms with Gasteiger partial charge in [-0.15, -0.1) is 12.4 Å². The zero-order valence-electron chi connectivity index (χ0n) is 13.2. The van der Waals surface area contributed by atoms with E-state index in [1.54, 1.807) is 0 Å². The van der Waals surface area contributed by atoms with E-state index in [0.717, 1.165) is 49.1 Å². The SMILES string of the molecule is CC1CN(C(=O)CCCc2ccc3[nH]c(=O)[nH]c3c2)CCN1.Cl. The van der Waals surface area contributed by atoms with Crippen molar-refractivity contribution in [3.63, 3.8) is 0 Å². The summed E-state index contributed by atoms with van der Waals surface area (Å²) in [6.45, 7) is 4.59. The molecule has 0 spiro atoms. The Morgan fingerprint density at radius 3 is 2.87 bits per heavy atom. The predicted octanol–water partition coefficient (Wildman–Crippen LogP) is 1.42. The number of amides is 1. The fourth-order valence-electron chi connectivity index (χ4n) is 3.00. The number of nitrogens with one attached hydrogen (secondary N) is 3. The minimum Gasteiger partial charge on any atom is -0.340 e. The monoisotopic (exact) mass is 338 g/mol. The Kier molecular flexibility index (Phi) is 5.85. The van der Waals surface area contributed by atoms with Crippen molar-refractivity contribution in [2.75, 3.05) is 19.6 Å². The number of piperazine rings is 1. The third kappa shape index (κ3) is 4.36. The van der Waals surface area contributed by atoms with E-state index in [1.165, 1.54) is 0 Å². The van der Waals surface area contributed by atoms with Crippen molar-refractivity contribution in [1.82, 2.24) is 20.2 Å². The highest BCUT2D eigenvalue weighted by Crippen LogP contribution is 2.13. The molecule has 126 valence electrons. The lowest BCUT2D eigenvalue weighted by Gasteiger charge is -2.32. The second-order valence-corrected chi connectivity index (χ2v) is 6.01. The van der Waals surface area contributed by atoms with Gasteiger partial charge in [-0.25, -0.2) is 4.79 Å². The minimum absolute atomic E-state index is 0. The van der Waals surface area contributed by atoms with Crippen LogP contribution in [0.3, 0.4) is 0 Å². The molecular formula is C16H23ClN4O2. The minimum atomic E-state index is -0.185. The van der Waals surface area contributed by atoms with Crippen LogP contribution in [0.2, 0.25) is 0 Å². The van der Waals surface area contributed by atoms with Crippen LogP contribution in [0, 0.1) is 0 Å². The van der Waals surface area contributed by atoms with E-state index in [9.17, 15) is 9.59 Å². The Bertz CT molecular complexity index is 724. The molecule has 3 N–H and O–H groups in total. The average Bonchev–Trinajstić information content (AvgIpc) is 2.86. The molecule has 0 saturated carbocycles. The molecule has 1 amide bonds. The largest absolute Gasteiger partial charge is 0.340 e. The summed E-state index contributed by atoms with van der Waals surface area (Å²) in [7, 11) is 0. The van der Waals surface area contributed by atoms with Crippen LogP contribution in [0.4, 0.5) is 0 Å². The molecule has 1 atom stereocenters. The summed E-state index contributed by atoms with van der Waals surface area (Å²) in [5, 5.41) is 3.34. The maximum Gasteiger partial charge on any atom is 0.323 e. The van der Waals surface area contributed by atoms with Crippen molar-refractivity contribution < 1.29 is 4.79 Å². The molecule has 1 aromatic heterocycles. The van der Waals surface area contributed by atoms with E-state index >= 15 is 0 Å². The van der Waals surface area contributed by atoms with E-state index < -0.39 is 0 Å². The number of halogens is 1. The first-order chi connectivity index (χ1) is 10.6. The summed E-state index contributed by atoms with van der Waals surface area (Å²) in [5.74, 6) is 0.240. The van der Waals surface area contributed by atoms with Gasteiger partial charge in [0.2, 0.25) is 5.91 Å². The number of fused-ring (bicyclic) bond motifs is 1. The number of nitrogens with zero attached hydrogens (tertiary/aromatic N) is 1. The molecule has 7 heteroatoms. The zero-order valence-corrected chi connectivity index (χ0v) is 14.0. The molecule has 2 heterocycles. The van der Waals surface area contributed by atoms with Crippen LogP contribution in [0.15, 0.2) is 23.0 Å². The molecule has 0 radical (unpaired) electrons. The molecule has 1 unspecified atom stereocenters. The standard InChI is InChI=1S/C16H22N4O2.ClH/c1-11-10-20(8-7-17-11)15(21)4-2-3-12-5-6-13-14(9-12)19-16(22)18-13;/h5-6,9,11,17H,2-4,7-8,10H2,1H3,(H2,18,19,22);1H. The number of H-pyrrole nitrogens is 2. The molecular weight excluding hydrogens is 316 g/mol. The number of aryl methyl sites for hydroxylation is 1. The lowest BCUT2D eigenvalue weighted by Crippen LogP contribution is -2.51. The molecule has 1 aromatic carbocycles. The molecule has 6 nitrogen and oxygen atoms in total. The Hall–Kier alpha value is -1.79. The number of aromatic nitrogens is 2. The van der Waals surface area contributed by atoms with Gasteiger partial charge in [0.05, 0.1) is 11.0 Å². The number of benzene rings is 1. The molecule has 0 aliphatic carbocycles. The quantitative estimate of drug-likeness (QED) is 0.788. The highest BCUT2D eigenvalue weighted by molar-refractivity contribution is 5.85. The van der Waals surface area contributed by atoms with Crippen LogP contribution in [0.25, 0.3) is 11.0 Å². The van der Waals surface area contributed by atoms with Gasteiger partial charge >= 0.3 is 5.69 Å². The zero-order chi connectivity index (χ0) is 15.5. The van der Waals surface area contributed by atoms with Crippen LogP contribution in [0.1, 0.15) is 25.3 Å². The number of aromatic amines is 2. The fourth-order valence-corrected chi connectivity index (χ4v) is 3.00. The maximum atomic E-state index is 12.2. The second-order valence-electron chi connectivity index (χ2n) is 6.01. The first-order valence-corrected chi connectivity index (χ1v) is 7.84. The lowest BCUT2D eigenvalue weighted by atomic mass is 10.1. The summed E-state index contributed by atoms with van der Waals surface area (Å²) in [6, 6.07) is 6.27. The summed E-state index contributed by atoms with van der Waals surface area (Å²) < 4.78 is 0. The molecule has 1 aliphatic heterocycles. The number of rotatable bonds is 4. The summed E-state index contributed by atoms with van der Waals surface area (Å²) >= 11 is 0. The van der Waals surface area contributed by atoms with Crippen LogP contribution < -0.4 is 11.0 Å². The van der Waals surface area contributed by atoms with Crippen molar-refractivity contribution in [2.24, 2.45) is 0 Å². The van der Waals surface area contributed by atoms with Gasteiger partial charge in [0.15, 0.2) is 0 Å². The van der Waals surface area contributed by atoms with E-state index in [-0.39, 0.29) is 24.0 Å². The molecule has 1 saturated heterocycles. The van der Waals surface area contributed by atoms with Gasteiger partial charge in [0.25, 0.3) is 0 Å². The Balaban J connectivity index is 0.00000192. The highest BCUT2D eigenvalue weighted by Gasteiger charge is 2.19.